The minimum absolute atomic E-state index is 0.900. The van der Waals surface area contributed by atoms with Gasteiger partial charge < -0.3 is 14.8 Å². The van der Waals surface area contributed by atoms with E-state index in [1.807, 2.05) is 18.5 Å². The first kappa shape index (κ1) is 13.2. The summed E-state index contributed by atoms with van der Waals surface area (Å²) < 4.78 is 0. The van der Waals surface area contributed by atoms with Gasteiger partial charge in [-0.1, -0.05) is 0 Å². The lowest BCUT2D eigenvalue weighted by molar-refractivity contribution is 0.312. The number of likely N-dealkylation sites (N-methyl/N-ethyl adjacent to an activating group) is 1. The second-order valence-electron chi connectivity index (χ2n) is 5.69. The Hall–Kier alpha value is -2.47. The quantitative estimate of drug-likeness (QED) is 0.780. The second kappa shape index (κ2) is 5.38. The maximum Gasteiger partial charge on any atom is 0.137 e. The monoisotopic (exact) mass is 294 g/mol. The fourth-order valence-corrected chi connectivity index (χ4v) is 2.79. The molecule has 0 amide bonds. The number of nitrogens with one attached hydrogen (secondary N) is 1. The number of hydrogen-bond donors (Lipinski definition) is 1. The third-order valence-corrected chi connectivity index (χ3v) is 4.18. The number of rotatable bonds is 2. The summed E-state index contributed by atoms with van der Waals surface area (Å²) in [6, 6.07) is 6.18. The lowest BCUT2D eigenvalue weighted by Gasteiger charge is -2.33. The zero-order chi connectivity index (χ0) is 14.9. The van der Waals surface area contributed by atoms with Gasteiger partial charge in [-0.25, -0.2) is 15.0 Å². The van der Waals surface area contributed by atoms with Gasteiger partial charge in [0.2, 0.25) is 0 Å². The van der Waals surface area contributed by atoms with E-state index >= 15 is 0 Å². The lowest BCUT2D eigenvalue weighted by Crippen LogP contribution is -2.44. The Labute approximate surface area is 128 Å². The molecule has 0 aliphatic carbocycles. The molecule has 0 spiro atoms. The molecular formula is C16H18N6. The van der Waals surface area contributed by atoms with E-state index in [1.54, 1.807) is 6.33 Å². The summed E-state index contributed by atoms with van der Waals surface area (Å²) in [7, 11) is 2.15. The molecule has 1 N–H and O–H groups in total. The normalized spacial score (nSPS) is 16.3. The molecule has 0 unspecified atom stereocenters. The molecule has 1 fully saturated rings. The minimum atomic E-state index is 0.900. The van der Waals surface area contributed by atoms with Crippen LogP contribution in [0.5, 0.6) is 0 Å². The zero-order valence-electron chi connectivity index (χ0n) is 12.5. The van der Waals surface area contributed by atoms with Crippen LogP contribution in [-0.2, 0) is 0 Å². The van der Waals surface area contributed by atoms with Crippen molar-refractivity contribution in [3.05, 3.63) is 36.9 Å². The number of anilines is 1. The molecular weight excluding hydrogens is 276 g/mol. The van der Waals surface area contributed by atoms with Crippen LogP contribution >= 0.6 is 0 Å². The van der Waals surface area contributed by atoms with E-state index < -0.39 is 0 Å². The van der Waals surface area contributed by atoms with Crippen molar-refractivity contribution < 1.29 is 0 Å². The van der Waals surface area contributed by atoms with Crippen LogP contribution in [0, 0.1) is 0 Å². The molecule has 1 aliphatic rings. The third-order valence-electron chi connectivity index (χ3n) is 4.18. The van der Waals surface area contributed by atoms with Crippen molar-refractivity contribution in [1.82, 2.24) is 24.8 Å². The van der Waals surface area contributed by atoms with Gasteiger partial charge in [0.1, 0.15) is 17.8 Å². The van der Waals surface area contributed by atoms with E-state index in [0.29, 0.717) is 0 Å². The summed E-state index contributed by atoms with van der Waals surface area (Å²) in [5.41, 5.74) is 2.83. The Balaban J connectivity index is 1.66. The average Bonchev–Trinajstić information content (AvgIpc) is 3.03. The van der Waals surface area contributed by atoms with Crippen molar-refractivity contribution in [2.45, 2.75) is 0 Å². The minimum Gasteiger partial charge on any atom is -0.354 e. The van der Waals surface area contributed by atoms with Crippen LogP contribution in [0.15, 0.2) is 36.9 Å². The number of hydrogen-bond acceptors (Lipinski definition) is 5. The van der Waals surface area contributed by atoms with Gasteiger partial charge in [0.15, 0.2) is 0 Å². The molecule has 1 saturated heterocycles. The van der Waals surface area contributed by atoms with Crippen LogP contribution in [0.2, 0.25) is 0 Å². The number of H-pyrrole nitrogens is 1. The molecule has 0 aromatic carbocycles. The Morgan fingerprint density at radius 1 is 1.05 bits per heavy atom. The van der Waals surface area contributed by atoms with Crippen LogP contribution < -0.4 is 4.90 Å². The van der Waals surface area contributed by atoms with Gasteiger partial charge in [0, 0.05) is 55.6 Å². The third kappa shape index (κ3) is 2.42. The van der Waals surface area contributed by atoms with E-state index in [0.717, 1.165) is 54.3 Å². The molecule has 0 bridgehead atoms. The van der Waals surface area contributed by atoms with Crippen molar-refractivity contribution >= 4 is 16.9 Å². The molecule has 0 atom stereocenters. The van der Waals surface area contributed by atoms with Crippen molar-refractivity contribution in [3.8, 4) is 11.3 Å². The Kier molecular flexibility index (Phi) is 3.23. The van der Waals surface area contributed by atoms with Crippen molar-refractivity contribution in [2.75, 3.05) is 38.1 Å². The highest BCUT2D eigenvalue weighted by Crippen LogP contribution is 2.23. The van der Waals surface area contributed by atoms with Gasteiger partial charge in [-0.05, 0) is 19.2 Å². The van der Waals surface area contributed by atoms with Crippen LogP contribution in [0.25, 0.3) is 22.3 Å². The highest BCUT2D eigenvalue weighted by Gasteiger charge is 2.16. The molecule has 3 aromatic heterocycles. The van der Waals surface area contributed by atoms with Gasteiger partial charge in [0.05, 0.1) is 5.69 Å². The summed E-state index contributed by atoms with van der Waals surface area (Å²) >= 11 is 0. The first-order chi connectivity index (χ1) is 10.8. The predicted molar refractivity (Wildman–Crippen MR) is 86.8 cm³/mol. The van der Waals surface area contributed by atoms with Gasteiger partial charge in [0.25, 0.3) is 0 Å². The van der Waals surface area contributed by atoms with E-state index in [2.05, 4.69) is 48.9 Å². The molecule has 0 radical (unpaired) electrons. The molecule has 3 aromatic rings. The number of aromatic amines is 1. The molecule has 6 heteroatoms. The number of aromatic nitrogens is 4. The first-order valence-corrected chi connectivity index (χ1v) is 7.49. The van der Waals surface area contributed by atoms with Gasteiger partial charge >= 0.3 is 0 Å². The average molecular weight is 294 g/mol. The lowest BCUT2D eigenvalue weighted by atomic mass is 10.1. The van der Waals surface area contributed by atoms with Gasteiger partial charge in [-0.15, -0.1) is 0 Å². The van der Waals surface area contributed by atoms with Crippen molar-refractivity contribution in [3.63, 3.8) is 0 Å². The smallest absolute Gasteiger partial charge is 0.137 e. The molecule has 4 heterocycles. The van der Waals surface area contributed by atoms with Crippen LogP contribution in [0.3, 0.4) is 0 Å². The predicted octanol–water partition coefficient (Wildman–Crippen LogP) is 1.77. The fraction of sp³-hybridized carbons (Fsp3) is 0.312. The summed E-state index contributed by atoms with van der Waals surface area (Å²) in [6.07, 6.45) is 5.40. The molecule has 0 saturated carbocycles. The maximum absolute atomic E-state index is 4.44. The highest BCUT2D eigenvalue weighted by molar-refractivity contribution is 5.80. The Morgan fingerprint density at radius 2 is 1.91 bits per heavy atom. The standard InChI is InChI=1S/C16H18N6/c1-21-4-6-22(7-5-21)15-9-14(19-11-20-15)13-8-12-2-3-17-16(12)18-10-13/h2-3,8-11H,4-7H2,1H3,(H,17,18). The van der Waals surface area contributed by atoms with E-state index in [4.69, 9.17) is 0 Å². The summed E-state index contributed by atoms with van der Waals surface area (Å²) in [5.74, 6) is 0.993. The number of piperazine rings is 1. The van der Waals surface area contributed by atoms with E-state index in [9.17, 15) is 0 Å². The summed E-state index contributed by atoms with van der Waals surface area (Å²) in [4.78, 5) is 21.0. The van der Waals surface area contributed by atoms with Gasteiger partial charge in [-0.3, -0.25) is 0 Å². The topological polar surface area (TPSA) is 60.9 Å². The highest BCUT2D eigenvalue weighted by atomic mass is 15.3. The van der Waals surface area contributed by atoms with Crippen LogP contribution in [0.1, 0.15) is 0 Å². The van der Waals surface area contributed by atoms with Crippen molar-refractivity contribution in [1.29, 1.82) is 0 Å². The molecule has 1 aliphatic heterocycles. The summed E-state index contributed by atoms with van der Waals surface area (Å²) in [5, 5.41) is 1.09. The number of fused-ring (bicyclic) bond motifs is 1. The molecule has 4 rings (SSSR count). The van der Waals surface area contributed by atoms with Gasteiger partial charge in [-0.2, -0.15) is 0 Å². The van der Waals surface area contributed by atoms with Crippen LogP contribution in [0.4, 0.5) is 5.82 Å². The second-order valence-corrected chi connectivity index (χ2v) is 5.69. The van der Waals surface area contributed by atoms with Crippen molar-refractivity contribution in [2.24, 2.45) is 0 Å². The largest absolute Gasteiger partial charge is 0.354 e. The van der Waals surface area contributed by atoms with Crippen LogP contribution in [-0.4, -0.2) is 58.1 Å². The molecule has 112 valence electrons. The number of pyridine rings is 1. The zero-order valence-corrected chi connectivity index (χ0v) is 12.5. The number of nitrogens with zero attached hydrogens (tertiary/aromatic N) is 5. The SMILES string of the molecule is CN1CCN(c2cc(-c3cnc4[nH]ccc4c3)ncn2)CC1. The molecule has 22 heavy (non-hydrogen) atoms. The summed E-state index contributed by atoms with van der Waals surface area (Å²) in [6.45, 7) is 4.14. The fourth-order valence-electron chi connectivity index (χ4n) is 2.79. The Bertz CT molecular complexity index is 788. The maximum atomic E-state index is 4.44. The molecule has 6 nitrogen and oxygen atoms in total. The Morgan fingerprint density at radius 3 is 2.77 bits per heavy atom. The van der Waals surface area contributed by atoms with E-state index in [-0.39, 0.29) is 0 Å². The first-order valence-electron chi connectivity index (χ1n) is 7.49. The van der Waals surface area contributed by atoms with E-state index in [1.165, 1.54) is 0 Å².